The number of thiophene rings is 1. The zero-order valence-corrected chi connectivity index (χ0v) is 9.66. The maximum Gasteiger partial charge on any atom is 0.339 e. The highest BCUT2D eigenvalue weighted by molar-refractivity contribution is 7.08. The lowest BCUT2D eigenvalue weighted by Gasteiger charge is -2.11. The molecular weight excluding hydrogens is 244 g/mol. The van der Waals surface area contributed by atoms with Crippen LogP contribution in [0.15, 0.2) is 16.8 Å². The second-order valence-electron chi connectivity index (χ2n) is 3.37. The van der Waals surface area contributed by atoms with Gasteiger partial charge in [0, 0.05) is 18.5 Å². The van der Waals surface area contributed by atoms with Gasteiger partial charge in [0.15, 0.2) is 6.61 Å². The Morgan fingerprint density at radius 3 is 2.94 bits per heavy atom. The van der Waals surface area contributed by atoms with Gasteiger partial charge in [-0.3, -0.25) is 9.69 Å². The third-order valence-corrected chi connectivity index (χ3v) is 2.92. The molecule has 7 heteroatoms. The number of rotatable bonds is 3. The van der Waals surface area contributed by atoms with Crippen LogP contribution in [0, 0.1) is 0 Å². The van der Waals surface area contributed by atoms with Crippen molar-refractivity contribution in [1.82, 2.24) is 10.2 Å². The molecule has 2 heterocycles. The van der Waals surface area contributed by atoms with Gasteiger partial charge in [0.25, 0.3) is 5.91 Å². The second-order valence-corrected chi connectivity index (χ2v) is 4.15. The minimum Gasteiger partial charge on any atom is -0.452 e. The zero-order valence-electron chi connectivity index (χ0n) is 8.84. The summed E-state index contributed by atoms with van der Waals surface area (Å²) in [6.07, 6.45) is 0. The number of esters is 1. The fourth-order valence-electron chi connectivity index (χ4n) is 1.38. The molecule has 1 aliphatic rings. The number of urea groups is 1. The van der Waals surface area contributed by atoms with Crippen LogP contribution in [-0.4, -0.2) is 42.5 Å². The molecule has 0 saturated carbocycles. The molecule has 0 spiro atoms. The van der Waals surface area contributed by atoms with Gasteiger partial charge in [-0.25, -0.2) is 9.59 Å². The summed E-state index contributed by atoms with van der Waals surface area (Å²) in [7, 11) is 0. The summed E-state index contributed by atoms with van der Waals surface area (Å²) < 4.78 is 4.81. The SMILES string of the molecule is O=C(OCC(=O)N1CCNC1=O)c1ccsc1. The fourth-order valence-corrected chi connectivity index (χ4v) is 2.00. The minimum absolute atomic E-state index is 0.313. The summed E-state index contributed by atoms with van der Waals surface area (Å²) in [5.41, 5.74) is 0.411. The molecule has 0 unspecified atom stereocenters. The highest BCUT2D eigenvalue weighted by atomic mass is 32.1. The van der Waals surface area contributed by atoms with Crippen molar-refractivity contribution in [3.05, 3.63) is 22.4 Å². The van der Waals surface area contributed by atoms with Gasteiger partial charge in [-0.2, -0.15) is 11.3 Å². The molecule has 1 aromatic rings. The van der Waals surface area contributed by atoms with Gasteiger partial charge in [-0.15, -0.1) is 0 Å². The van der Waals surface area contributed by atoms with Crippen LogP contribution in [0.4, 0.5) is 4.79 Å². The van der Waals surface area contributed by atoms with E-state index in [2.05, 4.69) is 5.32 Å². The Kier molecular flexibility index (Phi) is 3.38. The summed E-state index contributed by atoms with van der Waals surface area (Å²) in [4.78, 5) is 35.1. The van der Waals surface area contributed by atoms with Gasteiger partial charge in [0.1, 0.15) is 0 Å². The molecule has 0 aromatic carbocycles. The number of nitrogens with one attached hydrogen (secondary N) is 1. The van der Waals surface area contributed by atoms with Crippen molar-refractivity contribution < 1.29 is 19.1 Å². The number of carbonyl (C=O) groups excluding carboxylic acids is 3. The highest BCUT2D eigenvalue weighted by Gasteiger charge is 2.26. The maximum atomic E-state index is 11.5. The molecule has 0 radical (unpaired) electrons. The number of hydrogen-bond acceptors (Lipinski definition) is 5. The van der Waals surface area contributed by atoms with Crippen LogP contribution in [0.2, 0.25) is 0 Å². The fraction of sp³-hybridized carbons (Fsp3) is 0.300. The van der Waals surface area contributed by atoms with Gasteiger partial charge in [-0.1, -0.05) is 0 Å². The summed E-state index contributed by atoms with van der Waals surface area (Å²) in [5.74, 6) is -1.07. The molecule has 6 nitrogen and oxygen atoms in total. The Bertz CT molecular complexity index is 443. The molecule has 0 aliphatic carbocycles. The minimum atomic E-state index is -0.556. The number of ether oxygens (including phenoxy) is 1. The molecule has 2 rings (SSSR count). The van der Waals surface area contributed by atoms with Crippen LogP contribution in [0.1, 0.15) is 10.4 Å². The molecule has 17 heavy (non-hydrogen) atoms. The van der Waals surface area contributed by atoms with Gasteiger partial charge >= 0.3 is 12.0 Å². The third-order valence-electron chi connectivity index (χ3n) is 2.24. The predicted molar refractivity (Wildman–Crippen MR) is 59.7 cm³/mol. The van der Waals surface area contributed by atoms with E-state index in [9.17, 15) is 14.4 Å². The monoisotopic (exact) mass is 254 g/mol. The van der Waals surface area contributed by atoms with Gasteiger partial charge in [0.2, 0.25) is 0 Å². The first kappa shape index (κ1) is 11.6. The van der Waals surface area contributed by atoms with E-state index in [-0.39, 0.29) is 0 Å². The van der Waals surface area contributed by atoms with E-state index in [0.717, 1.165) is 4.90 Å². The highest BCUT2D eigenvalue weighted by Crippen LogP contribution is 2.07. The van der Waals surface area contributed by atoms with Crippen LogP contribution in [-0.2, 0) is 9.53 Å². The van der Waals surface area contributed by atoms with E-state index < -0.39 is 24.5 Å². The average Bonchev–Trinajstić information content (AvgIpc) is 2.95. The van der Waals surface area contributed by atoms with Crippen LogP contribution in [0.25, 0.3) is 0 Å². The summed E-state index contributed by atoms with van der Waals surface area (Å²) >= 11 is 1.37. The summed E-state index contributed by atoms with van der Waals surface area (Å²) in [6, 6.07) is 1.17. The maximum absolute atomic E-state index is 11.5. The number of nitrogens with zero attached hydrogens (tertiary/aromatic N) is 1. The molecule has 0 bridgehead atoms. The molecular formula is C10H10N2O4S. The average molecular weight is 254 g/mol. The number of amides is 3. The van der Waals surface area contributed by atoms with Crippen molar-refractivity contribution in [2.24, 2.45) is 0 Å². The van der Waals surface area contributed by atoms with Crippen LogP contribution in [0.5, 0.6) is 0 Å². The van der Waals surface area contributed by atoms with E-state index in [0.29, 0.717) is 18.7 Å². The molecule has 1 aromatic heterocycles. The van der Waals surface area contributed by atoms with Gasteiger partial charge < -0.3 is 10.1 Å². The number of carbonyl (C=O) groups is 3. The van der Waals surface area contributed by atoms with Gasteiger partial charge in [0.05, 0.1) is 5.56 Å². The second kappa shape index (κ2) is 4.96. The Balaban J connectivity index is 1.84. The molecule has 0 atom stereocenters. The standard InChI is InChI=1S/C10H10N2O4S/c13-8(12-3-2-11-10(12)15)5-16-9(14)7-1-4-17-6-7/h1,4,6H,2-3,5H2,(H,11,15). The number of hydrogen-bond donors (Lipinski definition) is 1. The Morgan fingerprint density at radius 2 is 2.35 bits per heavy atom. The lowest BCUT2D eigenvalue weighted by Crippen LogP contribution is -2.37. The third kappa shape index (κ3) is 2.62. The first-order chi connectivity index (χ1) is 8.18. The van der Waals surface area contributed by atoms with Crippen molar-refractivity contribution in [2.75, 3.05) is 19.7 Å². The van der Waals surface area contributed by atoms with Crippen molar-refractivity contribution in [3.8, 4) is 0 Å². The number of imide groups is 1. The smallest absolute Gasteiger partial charge is 0.339 e. The van der Waals surface area contributed by atoms with Crippen molar-refractivity contribution >= 4 is 29.2 Å². The first-order valence-electron chi connectivity index (χ1n) is 4.96. The van der Waals surface area contributed by atoms with Crippen molar-refractivity contribution in [2.45, 2.75) is 0 Å². The lowest BCUT2D eigenvalue weighted by atomic mass is 10.3. The Hall–Kier alpha value is -1.89. The molecule has 1 aliphatic heterocycles. The van der Waals surface area contributed by atoms with E-state index in [4.69, 9.17) is 4.74 Å². The van der Waals surface area contributed by atoms with E-state index in [1.54, 1.807) is 16.8 Å². The van der Waals surface area contributed by atoms with E-state index in [1.807, 2.05) is 0 Å². The van der Waals surface area contributed by atoms with Crippen LogP contribution in [0.3, 0.4) is 0 Å². The van der Waals surface area contributed by atoms with E-state index >= 15 is 0 Å². The van der Waals surface area contributed by atoms with E-state index in [1.165, 1.54) is 11.3 Å². The topological polar surface area (TPSA) is 75.7 Å². The van der Waals surface area contributed by atoms with Gasteiger partial charge in [-0.05, 0) is 11.4 Å². The Morgan fingerprint density at radius 1 is 1.53 bits per heavy atom. The van der Waals surface area contributed by atoms with Crippen molar-refractivity contribution in [1.29, 1.82) is 0 Å². The van der Waals surface area contributed by atoms with Crippen molar-refractivity contribution in [3.63, 3.8) is 0 Å². The Labute approximate surface area is 101 Å². The lowest BCUT2D eigenvalue weighted by molar-refractivity contribution is -0.130. The molecule has 1 N–H and O–H groups in total. The molecule has 90 valence electrons. The predicted octanol–water partition coefficient (Wildman–Crippen LogP) is 0.457. The molecule has 1 saturated heterocycles. The van der Waals surface area contributed by atoms with Crippen LogP contribution < -0.4 is 5.32 Å². The quantitative estimate of drug-likeness (QED) is 0.795. The van der Waals surface area contributed by atoms with Crippen LogP contribution >= 0.6 is 11.3 Å². The molecule has 3 amide bonds. The zero-order chi connectivity index (χ0) is 12.3. The summed E-state index contributed by atoms with van der Waals surface area (Å²) in [6.45, 7) is 0.332. The summed E-state index contributed by atoms with van der Waals surface area (Å²) in [5, 5.41) is 5.87. The first-order valence-corrected chi connectivity index (χ1v) is 5.90. The normalized spacial score (nSPS) is 14.6. The molecule has 1 fully saturated rings. The largest absolute Gasteiger partial charge is 0.452 e.